The predicted octanol–water partition coefficient (Wildman–Crippen LogP) is 14.0. The minimum Gasteiger partial charge on any atom is -0.478 e. The molecule has 0 unspecified atom stereocenters. The maximum Gasteiger partial charge on any atom is 0.335 e. The summed E-state index contributed by atoms with van der Waals surface area (Å²) in [5.74, 6) is -1.02. The summed E-state index contributed by atoms with van der Waals surface area (Å²) in [6, 6.07) is 41.3. The van der Waals surface area contributed by atoms with Gasteiger partial charge in [0, 0.05) is 156 Å². The zero-order valence-electron chi connectivity index (χ0n) is 73.7. The van der Waals surface area contributed by atoms with Gasteiger partial charge in [0.2, 0.25) is 0 Å². The van der Waals surface area contributed by atoms with Crippen LogP contribution in [0, 0.1) is 0 Å². The first-order chi connectivity index (χ1) is 63.0. The van der Waals surface area contributed by atoms with Crippen LogP contribution in [-0.2, 0) is 78.9 Å². The van der Waals surface area contributed by atoms with Crippen LogP contribution in [0.15, 0.2) is 144 Å². The number of rotatable bonds is 14. The number of amides is 5. The zero-order valence-corrected chi connectivity index (χ0v) is 76.1. The SMILES string of the molecule is NS(=O)(=O)N1CCCC1.O=C(NS(=O)(=O)N1CCCC1)c1ccc2c(C3CCCCC3)c3n(c2c1)CC(C(=O)N1CCOCC1)=Cc1ccccc1-3.O=C(NS(=O)(=O)N1CCCC1)c1ccc2c(C3CCCCC3)c3n(c2c1)CC(C(=O)N1CCOCC1)=Cc1ccccc1-3.O=C(O)c1ccc2c(C3CCCCC3)c3n(c2c1)CC(C(=O)N1CCOCC1)=Cc1ccccc1-3. The van der Waals surface area contributed by atoms with E-state index in [2.05, 4.69) is 65.6 Å². The molecule has 21 rings (SSSR count). The van der Waals surface area contributed by atoms with Crippen LogP contribution in [-0.4, -0.2) is 225 Å². The number of benzene rings is 6. The molecule has 130 heavy (non-hydrogen) atoms. The van der Waals surface area contributed by atoms with Crippen molar-refractivity contribution in [2.24, 2.45) is 5.14 Å². The molecule has 6 aromatic carbocycles. The number of carboxylic acid groups (broad SMARTS) is 1. The van der Waals surface area contributed by atoms with Crippen molar-refractivity contribution in [1.29, 1.82) is 0 Å². The van der Waals surface area contributed by atoms with Crippen LogP contribution in [0.25, 0.3) is 84.7 Å². The number of fused-ring (bicyclic) bond motifs is 15. The molecular weight excluding hydrogens is 1710 g/mol. The lowest BCUT2D eigenvalue weighted by atomic mass is 9.81. The fraction of sp³-hybridized carbons (Fsp3) is 0.455. The third-order valence-corrected chi connectivity index (χ3v) is 32.2. The number of carbonyl (C=O) groups excluding carboxylic acids is 5. The Morgan fingerprint density at radius 1 is 0.338 bits per heavy atom. The van der Waals surface area contributed by atoms with Crippen LogP contribution in [0.4, 0.5) is 0 Å². The summed E-state index contributed by atoms with van der Waals surface area (Å²) in [6.07, 6.45) is 28.7. The van der Waals surface area contributed by atoms with Crippen LogP contribution < -0.4 is 14.6 Å². The molecule has 0 atom stereocenters. The molecule has 0 spiro atoms. The zero-order chi connectivity index (χ0) is 90.0. The number of hydrogen-bond acceptors (Lipinski definition) is 15. The lowest BCUT2D eigenvalue weighted by Gasteiger charge is -2.28. The van der Waals surface area contributed by atoms with Crippen LogP contribution in [0.2, 0.25) is 0 Å². The smallest absolute Gasteiger partial charge is 0.335 e. The standard InChI is InChI=1S/2C33H38N4O5S.C29H30N2O4.C4H10N2O2S/c2*38-32(34-43(40,41)36-14-6-7-15-36)25-12-13-28-29(21-25)37-22-26(33(39)35-16-18-42-19-17-35)20-24-10-4-5-11-27(24)31(37)30(28)23-8-2-1-3-9-23;32-28(30-12-14-35-15-13-30)22-16-20-8-4-5-9-23(20)27-26(19-6-2-1-3-7-19)24-11-10-21(29(33)34)17-25(24)31(27)18-22;5-9(7,8)6-3-1-2-4-6/h2*4-5,10-13,20-21,23H,1-3,6-9,14-19,22H2,(H,34,38);4-5,8-11,16-17,19H,1-3,6-7,12-15,18H2,(H,33,34);1-4H2,(H2,5,7,8). The number of morpholine rings is 3. The molecule has 9 aromatic rings. The molecule has 12 heterocycles. The van der Waals surface area contributed by atoms with Gasteiger partial charge in [-0.15, -0.1) is 0 Å². The number of carbonyl (C=O) groups is 6. The number of nitrogens with one attached hydrogen (secondary N) is 2. The summed E-state index contributed by atoms with van der Waals surface area (Å²) in [5.41, 5.74) is 19.1. The lowest BCUT2D eigenvalue weighted by molar-refractivity contribution is -0.131. The highest BCUT2D eigenvalue weighted by molar-refractivity contribution is 7.88. The molecule has 6 saturated heterocycles. The van der Waals surface area contributed by atoms with E-state index < -0.39 is 48.4 Å². The molecule has 0 radical (unpaired) electrons. The largest absolute Gasteiger partial charge is 0.478 e. The van der Waals surface area contributed by atoms with Crippen molar-refractivity contribution in [3.63, 3.8) is 0 Å². The number of nitrogens with zero attached hydrogens (tertiary/aromatic N) is 9. The quantitative estimate of drug-likeness (QED) is 0.0786. The molecule has 5 N–H and O–H groups in total. The number of ether oxygens (including phenoxy) is 3. The summed E-state index contributed by atoms with van der Waals surface area (Å²) in [4.78, 5) is 85.6. The van der Waals surface area contributed by atoms with Crippen molar-refractivity contribution >= 4 is 117 Å². The molecule has 686 valence electrons. The van der Waals surface area contributed by atoms with E-state index in [9.17, 15) is 59.1 Å². The molecule has 28 nitrogen and oxygen atoms in total. The van der Waals surface area contributed by atoms with E-state index in [-0.39, 0.29) is 34.4 Å². The Morgan fingerprint density at radius 3 is 0.900 bits per heavy atom. The van der Waals surface area contributed by atoms with Gasteiger partial charge in [0.25, 0.3) is 39.7 Å². The Bertz CT molecular complexity index is 6060. The summed E-state index contributed by atoms with van der Waals surface area (Å²) in [6.45, 7) is 10.6. The molecule has 3 aromatic heterocycles. The molecule has 3 aliphatic carbocycles. The van der Waals surface area contributed by atoms with Gasteiger partial charge < -0.3 is 47.7 Å². The fourth-order valence-corrected chi connectivity index (χ4v) is 24.8. The van der Waals surface area contributed by atoms with E-state index in [0.717, 1.165) is 166 Å². The first-order valence-corrected chi connectivity index (χ1v) is 51.1. The Hall–Kier alpha value is -10.5. The molecule has 0 bridgehead atoms. The highest BCUT2D eigenvalue weighted by Gasteiger charge is 2.39. The summed E-state index contributed by atoms with van der Waals surface area (Å²) < 4.78 is 104. The van der Waals surface area contributed by atoms with Crippen LogP contribution in [0.3, 0.4) is 0 Å². The lowest BCUT2D eigenvalue weighted by Crippen LogP contribution is -2.42. The van der Waals surface area contributed by atoms with Gasteiger partial charge in [0.05, 0.1) is 81.9 Å². The highest BCUT2D eigenvalue weighted by Crippen LogP contribution is 2.51. The molecule has 12 aliphatic rings. The van der Waals surface area contributed by atoms with E-state index in [4.69, 9.17) is 19.3 Å². The second kappa shape index (κ2) is 39.2. The van der Waals surface area contributed by atoms with E-state index in [0.29, 0.717) is 167 Å². The van der Waals surface area contributed by atoms with Gasteiger partial charge in [0.1, 0.15) is 0 Å². The minimum atomic E-state index is -3.91. The maximum absolute atomic E-state index is 13.9. The first-order valence-electron chi connectivity index (χ1n) is 46.7. The van der Waals surface area contributed by atoms with Crippen LogP contribution in [0.1, 0.15) is 217 Å². The van der Waals surface area contributed by atoms with Gasteiger partial charge in [-0.3, -0.25) is 24.0 Å². The molecule has 9 fully saturated rings. The minimum absolute atomic E-state index is 0.00220. The Kier molecular flexibility index (Phi) is 27.1. The number of carboxylic acids is 1. The van der Waals surface area contributed by atoms with Crippen molar-refractivity contribution in [2.75, 3.05) is 118 Å². The van der Waals surface area contributed by atoms with Gasteiger partial charge >= 0.3 is 26.4 Å². The third kappa shape index (κ3) is 18.9. The third-order valence-electron chi connectivity index (χ3n) is 28.1. The number of nitrogens with two attached hydrogens (primary N) is 1. The van der Waals surface area contributed by atoms with Gasteiger partial charge in [-0.25, -0.2) is 19.4 Å². The molecule has 5 amide bonds. The van der Waals surface area contributed by atoms with Crippen molar-refractivity contribution < 1.29 is 73.3 Å². The van der Waals surface area contributed by atoms with Crippen LogP contribution in [0.5, 0.6) is 0 Å². The number of hydrogen-bond donors (Lipinski definition) is 4. The summed E-state index contributed by atoms with van der Waals surface area (Å²) in [7, 11) is -11.2. The number of aromatic nitrogens is 3. The Balaban J connectivity index is 0.000000125. The van der Waals surface area contributed by atoms with Crippen molar-refractivity contribution in [3.8, 4) is 33.8 Å². The predicted molar refractivity (Wildman–Crippen MR) is 501 cm³/mol. The van der Waals surface area contributed by atoms with E-state index in [1.54, 1.807) is 24.3 Å². The molecule has 3 saturated carbocycles. The van der Waals surface area contributed by atoms with Crippen molar-refractivity contribution in [3.05, 3.63) is 194 Å². The van der Waals surface area contributed by atoms with E-state index in [1.165, 1.54) is 87.4 Å². The fourth-order valence-electron chi connectivity index (χ4n) is 21.6. The second-order valence-corrected chi connectivity index (χ2v) is 41.2. The number of aromatic carboxylic acids is 1. The van der Waals surface area contributed by atoms with Gasteiger partial charge in [-0.05, 0) is 183 Å². The summed E-state index contributed by atoms with van der Waals surface area (Å²) >= 11 is 0. The molecule has 9 aliphatic heterocycles. The first kappa shape index (κ1) is 90.1. The van der Waals surface area contributed by atoms with Gasteiger partial charge in [-0.2, -0.15) is 38.2 Å². The molecule has 31 heteroatoms. The normalized spacial score (nSPS) is 19.7. The van der Waals surface area contributed by atoms with Crippen LogP contribution >= 0.6 is 0 Å². The maximum atomic E-state index is 13.9. The van der Waals surface area contributed by atoms with E-state index in [1.807, 2.05) is 93.6 Å². The second-order valence-electron chi connectivity index (χ2n) is 36.3. The van der Waals surface area contributed by atoms with Gasteiger partial charge in [0.15, 0.2) is 0 Å². The highest BCUT2D eigenvalue weighted by atomic mass is 32.2. The average Bonchev–Trinajstić information content (AvgIpc) is 1.58. The Labute approximate surface area is 759 Å². The van der Waals surface area contributed by atoms with Crippen molar-refractivity contribution in [2.45, 2.75) is 172 Å². The van der Waals surface area contributed by atoms with E-state index >= 15 is 0 Å². The van der Waals surface area contributed by atoms with Gasteiger partial charge in [-0.1, -0.05) is 149 Å². The van der Waals surface area contributed by atoms with Crippen molar-refractivity contribution in [1.82, 2.24) is 50.8 Å². The summed E-state index contributed by atoms with van der Waals surface area (Å²) in [5, 5.41) is 17.8. The Morgan fingerprint density at radius 2 is 0.615 bits per heavy atom. The monoisotopic (exact) mass is 1820 g/mol. The average molecular weight is 1830 g/mol. The molecular formula is C99H116N12O16S3. The topological polar surface area (TPSA) is 337 Å².